The van der Waals surface area contributed by atoms with E-state index in [4.69, 9.17) is 4.74 Å². The van der Waals surface area contributed by atoms with Crippen LogP contribution in [0.3, 0.4) is 0 Å². The Morgan fingerprint density at radius 3 is 2.50 bits per heavy atom. The van der Waals surface area contributed by atoms with Gasteiger partial charge in [0.05, 0.1) is 12.8 Å². The van der Waals surface area contributed by atoms with E-state index in [1.807, 2.05) is 0 Å². The van der Waals surface area contributed by atoms with E-state index in [1.165, 1.54) is 21.1 Å². The van der Waals surface area contributed by atoms with Gasteiger partial charge in [-0.05, 0) is 0 Å². The molecule has 6 heteroatoms. The number of hydrogen-bond acceptors (Lipinski definition) is 3. The van der Waals surface area contributed by atoms with Crippen LogP contribution in [0, 0.1) is 11.6 Å². The molecular formula is C10H12F2N2O2. The normalized spacial score (nSPS) is 9.81. The minimum atomic E-state index is -0.816. The topological polar surface area (TPSA) is 50.4 Å². The van der Waals surface area contributed by atoms with Crippen LogP contribution in [0.5, 0.6) is 5.75 Å². The van der Waals surface area contributed by atoms with Crippen LogP contribution < -0.4 is 15.4 Å². The molecule has 0 aliphatic heterocycles. The first-order valence-corrected chi connectivity index (χ1v) is 4.52. The second-order valence-corrected chi connectivity index (χ2v) is 3.06. The second kappa shape index (κ2) is 4.78. The molecule has 0 atom stereocenters. The van der Waals surface area contributed by atoms with Crippen LogP contribution in [0.1, 0.15) is 6.92 Å². The molecule has 0 spiro atoms. The quantitative estimate of drug-likeness (QED) is 0.834. The summed E-state index contributed by atoms with van der Waals surface area (Å²) in [6, 6.07) is 0.894. The van der Waals surface area contributed by atoms with Crippen LogP contribution in [0.25, 0.3) is 0 Å². The van der Waals surface area contributed by atoms with Crippen molar-refractivity contribution in [3.05, 3.63) is 17.7 Å². The van der Waals surface area contributed by atoms with Crippen molar-refractivity contribution in [1.82, 2.24) is 0 Å². The van der Waals surface area contributed by atoms with Crippen LogP contribution in [0.15, 0.2) is 6.07 Å². The van der Waals surface area contributed by atoms with Crippen molar-refractivity contribution in [2.75, 3.05) is 24.8 Å². The average molecular weight is 230 g/mol. The molecule has 88 valence electrons. The first-order chi connectivity index (χ1) is 7.51. The number of halogens is 2. The van der Waals surface area contributed by atoms with Gasteiger partial charge in [0.15, 0.2) is 17.4 Å². The van der Waals surface area contributed by atoms with Crippen molar-refractivity contribution in [3.8, 4) is 5.75 Å². The number of rotatable bonds is 3. The number of amides is 1. The van der Waals surface area contributed by atoms with Crippen LogP contribution in [-0.4, -0.2) is 20.1 Å². The highest BCUT2D eigenvalue weighted by atomic mass is 19.1. The molecule has 0 radical (unpaired) electrons. The summed E-state index contributed by atoms with van der Waals surface area (Å²) < 4.78 is 31.9. The zero-order chi connectivity index (χ0) is 12.3. The number of anilines is 2. The SMILES string of the molecule is CNc1c(F)cc(NC(C)=O)c(F)c1OC. The van der Waals surface area contributed by atoms with Gasteiger partial charge in [-0.15, -0.1) is 0 Å². The summed E-state index contributed by atoms with van der Waals surface area (Å²) in [4.78, 5) is 10.8. The van der Waals surface area contributed by atoms with Crippen molar-refractivity contribution in [3.63, 3.8) is 0 Å². The third kappa shape index (κ3) is 2.21. The molecule has 0 aliphatic carbocycles. The van der Waals surface area contributed by atoms with E-state index in [1.54, 1.807) is 0 Å². The first kappa shape index (κ1) is 12.2. The van der Waals surface area contributed by atoms with Gasteiger partial charge >= 0.3 is 0 Å². The Morgan fingerprint density at radius 1 is 1.44 bits per heavy atom. The van der Waals surface area contributed by atoms with Gasteiger partial charge in [-0.2, -0.15) is 0 Å². The summed E-state index contributed by atoms with van der Waals surface area (Å²) in [5, 5.41) is 4.66. The third-order valence-electron chi connectivity index (χ3n) is 1.94. The van der Waals surface area contributed by atoms with E-state index in [0.29, 0.717) is 0 Å². The predicted molar refractivity (Wildman–Crippen MR) is 56.8 cm³/mol. The number of methoxy groups -OCH3 is 1. The predicted octanol–water partition coefficient (Wildman–Crippen LogP) is 1.97. The van der Waals surface area contributed by atoms with Gasteiger partial charge in [-0.3, -0.25) is 4.79 Å². The molecule has 2 N–H and O–H groups in total. The molecule has 0 fully saturated rings. The molecule has 1 amide bonds. The molecule has 0 saturated carbocycles. The minimum absolute atomic E-state index is 0.0888. The zero-order valence-corrected chi connectivity index (χ0v) is 9.15. The van der Waals surface area contributed by atoms with E-state index in [0.717, 1.165) is 6.07 Å². The van der Waals surface area contributed by atoms with Gasteiger partial charge in [0.25, 0.3) is 0 Å². The molecule has 1 aromatic carbocycles. The maximum absolute atomic E-state index is 13.7. The standard InChI is InChI=1S/C10H12F2N2O2/c1-5(15)14-7-4-6(11)9(13-2)10(16-3)8(7)12/h4,13H,1-3H3,(H,14,15). The fourth-order valence-electron chi connectivity index (χ4n) is 1.31. The molecule has 1 aromatic rings. The molecule has 4 nitrogen and oxygen atoms in total. The largest absolute Gasteiger partial charge is 0.491 e. The average Bonchev–Trinajstić information content (AvgIpc) is 2.21. The van der Waals surface area contributed by atoms with Crippen molar-refractivity contribution in [1.29, 1.82) is 0 Å². The lowest BCUT2D eigenvalue weighted by molar-refractivity contribution is -0.114. The maximum Gasteiger partial charge on any atom is 0.221 e. The molecule has 0 aromatic heterocycles. The zero-order valence-electron chi connectivity index (χ0n) is 9.15. The molecule has 16 heavy (non-hydrogen) atoms. The third-order valence-corrected chi connectivity index (χ3v) is 1.94. The number of nitrogens with one attached hydrogen (secondary N) is 2. The van der Waals surface area contributed by atoms with Crippen LogP contribution >= 0.6 is 0 Å². The van der Waals surface area contributed by atoms with Crippen molar-refractivity contribution >= 4 is 17.3 Å². The van der Waals surface area contributed by atoms with Gasteiger partial charge in [-0.1, -0.05) is 0 Å². The van der Waals surface area contributed by atoms with Gasteiger partial charge in [-0.25, -0.2) is 8.78 Å². The summed E-state index contributed by atoms with van der Waals surface area (Å²) >= 11 is 0. The summed E-state index contributed by atoms with van der Waals surface area (Å²) in [5.41, 5.74) is -0.338. The van der Waals surface area contributed by atoms with E-state index in [9.17, 15) is 13.6 Å². The van der Waals surface area contributed by atoms with E-state index < -0.39 is 17.5 Å². The Balaban J connectivity index is 3.33. The molecule has 1 rings (SSSR count). The van der Waals surface area contributed by atoms with Crippen molar-refractivity contribution in [2.45, 2.75) is 6.92 Å². The Kier molecular flexibility index (Phi) is 3.65. The summed E-state index contributed by atoms with van der Waals surface area (Å²) in [6.45, 7) is 1.20. The molecule has 0 aliphatic rings. The van der Waals surface area contributed by atoms with Crippen LogP contribution in [0.2, 0.25) is 0 Å². The maximum atomic E-state index is 13.7. The molecule has 0 unspecified atom stereocenters. The smallest absolute Gasteiger partial charge is 0.221 e. The second-order valence-electron chi connectivity index (χ2n) is 3.06. The van der Waals surface area contributed by atoms with E-state index >= 15 is 0 Å². The number of carbonyl (C=O) groups is 1. The fraction of sp³-hybridized carbons (Fsp3) is 0.300. The fourth-order valence-corrected chi connectivity index (χ4v) is 1.31. The lowest BCUT2D eigenvalue weighted by Crippen LogP contribution is -2.10. The first-order valence-electron chi connectivity index (χ1n) is 4.52. The molecule has 0 saturated heterocycles. The lowest BCUT2D eigenvalue weighted by atomic mass is 10.2. The Labute approximate surface area is 91.6 Å². The highest BCUT2D eigenvalue weighted by Crippen LogP contribution is 2.35. The Hall–Kier alpha value is -1.85. The summed E-state index contributed by atoms with van der Waals surface area (Å²) in [5.74, 6) is -2.28. The number of ether oxygens (including phenoxy) is 1. The van der Waals surface area contributed by atoms with Gasteiger partial charge < -0.3 is 15.4 Å². The molecule has 0 bridgehead atoms. The van der Waals surface area contributed by atoms with Gasteiger partial charge in [0.2, 0.25) is 5.91 Å². The minimum Gasteiger partial charge on any atom is -0.491 e. The molecular weight excluding hydrogens is 218 g/mol. The molecule has 0 heterocycles. The number of benzene rings is 1. The van der Waals surface area contributed by atoms with Gasteiger partial charge in [0, 0.05) is 20.0 Å². The summed E-state index contributed by atoms with van der Waals surface area (Å²) in [6.07, 6.45) is 0. The summed E-state index contributed by atoms with van der Waals surface area (Å²) in [7, 11) is 2.66. The van der Waals surface area contributed by atoms with Crippen LogP contribution in [-0.2, 0) is 4.79 Å². The highest BCUT2D eigenvalue weighted by molar-refractivity contribution is 5.89. The monoisotopic (exact) mass is 230 g/mol. The highest BCUT2D eigenvalue weighted by Gasteiger charge is 2.19. The Morgan fingerprint density at radius 2 is 2.06 bits per heavy atom. The lowest BCUT2D eigenvalue weighted by Gasteiger charge is -2.13. The number of carbonyl (C=O) groups excluding carboxylic acids is 1. The van der Waals surface area contributed by atoms with Crippen molar-refractivity contribution < 1.29 is 18.3 Å². The van der Waals surface area contributed by atoms with E-state index in [-0.39, 0.29) is 17.1 Å². The number of hydrogen-bond donors (Lipinski definition) is 2. The van der Waals surface area contributed by atoms with Crippen molar-refractivity contribution in [2.24, 2.45) is 0 Å². The van der Waals surface area contributed by atoms with E-state index in [2.05, 4.69) is 10.6 Å². The Bertz CT molecular complexity index is 422. The van der Waals surface area contributed by atoms with Gasteiger partial charge in [0.1, 0.15) is 5.69 Å². The van der Waals surface area contributed by atoms with Crippen LogP contribution in [0.4, 0.5) is 20.2 Å².